The van der Waals surface area contributed by atoms with Gasteiger partial charge < -0.3 is 5.32 Å². The largest absolute Gasteiger partial charge is 0.324 e. The fraction of sp³-hybridized carbons (Fsp3) is 0.0417. The molecule has 4 aromatic rings. The van der Waals surface area contributed by atoms with Gasteiger partial charge in [0.15, 0.2) is 0 Å². The van der Waals surface area contributed by atoms with Crippen molar-refractivity contribution in [2.45, 2.75) is 6.54 Å². The molecule has 1 aromatic heterocycles. The summed E-state index contributed by atoms with van der Waals surface area (Å²) in [5.74, 6) is -0.698. The van der Waals surface area contributed by atoms with Crippen LogP contribution in [0, 0.1) is 5.82 Å². The molecule has 30 heavy (non-hydrogen) atoms. The normalized spacial score (nSPS) is 10.6. The highest BCUT2D eigenvalue weighted by Gasteiger charge is 2.10. The maximum absolute atomic E-state index is 13.1. The van der Waals surface area contributed by atoms with Gasteiger partial charge >= 0.3 is 0 Å². The highest BCUT2D eigenvalue weighted by molar-refractivity contribution is 5.95. The summed E-state index contributed by atoms with van der Waals surface area (Å²) >= 11 is 0. The number of carbonyl (C=O) groups is 1. The van der Waals surface area contributed by atoms with E-state index in [0.29, 0.717) is 16.9 Å². The van der Waals surface area contributed by atoms with Crippen LogP contribution < -0.4 is 10.9 Å². The molecule has 0 unspecified atom stereocenters. The van der Waals surface area contributed by atoms with Gasteiger partial charge in [-0.25, -0.2) is 9.37 Å². The Morgan fingerprint density at radius 3 is 2.33 bits per heavy atom. The molecule has 0 aliphatic carbocycles. The van der Waals surface area contributed by atoms with Gasteiger partial charge in [-0.2, -0.15) is 0 Å². The van der Waals surface area contributed by atoms with Gasteiger partial charge in [0.25, 0.3) is 5.56 Å². The molecular formula is C24H18FN3O2. The van der Waals surface area contributed by atoms with E-state index in [4.69, 9.17) is 0 Å². The summed E-state index contributed by atoms with van der Waals surface area (Å²) in [6.45, 7) is -0.168. The standard InChI is InChI=1S/C24H18FN3O2/c25-19-12-10-18(11-13-19)22-14-24(30)28(16-26-22)15-23(29)27-21-9-5-4-8-20(21)17-6-2-1-3-7-17/h1-14,16H,15H2,(H,27,29). The number of amides is 1. The maximum Gasteiger partial charge on any atom is 0.254 e. The molecule has 4 rings (SSSR count). The average molecular weight is 399 g/mol. The van der Waals surface area contributed by atoms with Crippen LogP contribution in [-0.2, 0) is 11.3 Å². The first-order valence-corrected chi connectivity index (χ1v) is 9.37. The lowest BCUT2D eigenvalue weighted by Gasteiger charge is -2.12. The van der Waals surface area contributed by atoms with E-state index in [9.17, 15) is 14.0 Å². The average Bonchev–Trinajstić information content (AvgIpc) is 2.77. The third kappa shape index (κ3) is 4.33. The van der Waals surface area contributed by atoms with Crippen LogP contribution in [0.15, 0.2) is 96.1 Å². The van der Waals surface area contributed by atoms with Gasteiger partial charge in [-0.3, -0.25) is 14.2 Å². The van der Waals surface area contributed by atoms with E-state index in [0.717, 1.165) is 11.1 Å². The van der Waals surface area contributed by atoms with Crippen molar-refractivity contribution in [2.24, 2.45) is 0 Å². The monoisotopic (exact) mass is 399 g/mol. The van der Waals surface area contributed by atoms with Crippen molar-refractivity contribution >= 4 is 11.6 Å². The van der Waals surface area contributed by atoms with Crippen LogP contribution in [0.5, 0.6) is 0 Å². The summed E-state index contributed by atoms with van der Waals surface area (Å²) in [7, 11) is 0. The first-order chi connectivity index (χ1) is 14.6. The van der Waals surface area contributed by atoms with Gasteiger partial charge in [0.1, 0.15) is 12.4 Å². The molecule has 0 saturated carbocycles. The molecule has 0 saturated heterocycles. The molecule has 0 aliphatic rings. The van der Waals surface area contributed by atoms with Crippen molar-refractivity contribution in [3.63, 3.8) is 0 Å². The van der Waals surface area contributed by atoms with Crippen LogP contribution >= 0.6 is 0 Å². The van der Waals surface area contributed by atoms with E-state index in [1.54, 1.807) is 12.1 Å². The quantitative estimate of drug-likeness (QED) is 0.543. The number of nitrogens with one attached hydrogen (secondary N) is 1. The van der Waals surface area contributed by atoms with E-state index in [1.807, 2.05) is 54.6 Å². The van der Waals surface area contributed by atoms with Crippen molar-refractivity contribution in [1.82, 2.24) is 9.55 Å². The van der Waals surface area contributed by atoms with Crippen molar-refractivity contribution in [3.05, 3.63) is 107 Å². The third-order valence-corrected chi connectivity index (χ3v) is 4.62. The minimum atomic E-state index is -0.365. The lowest BCUT2D eigenvalue weighted by molar-refractivity contribution is -0.116. The number of benzene rings is 3. The number of hydrogen-bond donors (Lipinski definition) is 1. The summed E-state index contributed by atoms with van der Waals surface area (Å²) in [5, 5.41) is 2.87. The zero-order chi connectivity index (χ0) is 20.9. The second-order valence-corrected chi connectivity index (χ2v) is 6.71. The predicted molar refractivity (Wildman–Crippen MR) is 114 cm³/mol. The van der Waals surface area contributed by atoms with E-state index >= 15 is 0 Å². The summed E-state index contributed by atoms with van der Waals surface area (Å²) in [5.41, 5.74) is 3.22. The van der Waals surface area contributed by atoms with Crippen molar-refractivity contribution in [3.8, 4) is 22.4 Å². The Morgan fingerprint density at radius 1 is 0.900 bits per heavy atom. The molecule has 0 spiro atoms. The molecule has 3 aromatic carbocycles. The minimum absolute atomic E-state index is 0.168. The molecule has 0 bridgehead atoms. The lowest BCUT2D eigenvalue weighted by Crippen LogP contribution is -2.27. The molecule has 1 amide bonds. The molecule has 6 heteroatoms. The van der Waals surface area contributed by atoms with Crippen molar-refractivity contribution in [1.29, 1.82) is 0 Å². The number of rotatable bonds is 5. The van der Waals surface area contributed by atoms with Crippen LogP contribution in [0.1, 0.15) is 0 Å². The van der Waals surface area contributed by atoms with Gasteiger partial charge in [-0.1, -0.05) is 48.5 Å². The fourth-order valence-electron chi connectivity index (χ4n) is 3.13. The molecule has 148 valence electrons. The molecule has 0 fully saturated rings. The predicted octanol–water partition coefficient (Wildman–Crippen LogP) is 4.36. The Morgan fingerprint density at radius 2 is 1.60 bits per heavy atom. The molecule has 1 N–H and O–H groups in total. The zero-order valence-electron chi connectivity index (χ0n) is 16.0. The number of anilines is 1. The second-order valence-electron chi connectivity index (χ2n) is 6.71. The molecular weight excluding hydrogens is 381 g/mol. The van der Waals surface area contributed by atoms with Crippen LogP contribution in [-0.4, -0.2) is 15.5 Å². The first kappa shape index (κ1) is 19.3. The van der Waals surface area contributed by atoms with Gasteiger partial charge in [0.05, 0.1) is 12.0 Å². The smallest absolute Gasteiger partial charge is 0.254 e. The molecule has 0 atom stereocenters. The van der Waals surface area contributed by atoms with E-state index in [2.05, 4.69) is 10.3 Å². The second kappa shape index (κ2) is 8.53. The van der Waals surface area contributed by atoms with Gasteiger partial charge in [0, 0.05) is 22.9 Å². The Balaban J connectivity index is 1.52. The van der Waals surface area contributed by atoms with E-state index in [1.165, 1.54) is 29.1 Å². The van der Waals surface area contributed by atoms with E-state index < -0.39 is 0 Å². The third-order valence-electron chi connectivity index (χ3n) is 4.62. The van der Waals surface area contributed by atoms with Gasteiger partial charge in [-0.05, 0) is 35.9 Å². The summed E-state index contributed by atoms with van der Waals surface area (Å²) in [6, 6.07) is 24.3. The van der Waals surface area contributed by atoms with Crippen LogP contribution in [0.2, 0.25) is 0 Å². The van der Waals surface area contributed by atoms with Crippen LogP contribution in [0.3, 0.4) is 0 Å². The Kier molecular flexibility index (Phi) is 5.48. The fourth-order valence-corrected chi connectivity index (χ4v) is 3.13. The SMILES string of the molecule is O=C(Cn1cnc(-c2ccc(F)cc2)cc1=O)Nc1ccccc1-c1ccccc1. The summed E-state index contributed by atoms with van der Waals surface area (Å²) in [4.78, 5) is 29.2. The minimum Gasteiger partial charge on any atom is -0.324 e. The van der Waals surface area contributed by atoms with Crippen LogP contribution in [0.4, 0.5) is 10.1 Å². The summed E-state index contributed by atoms with van der Waals surface area (Å²) in [6.07, 6.45) is 1.32. The number of halogens is 1. The highest BCUT2D eigenvalue weighted by atomic mass is 19.1. The Labute approximate surface area is 172 Å². The zero-order valence-corrected chi connectivity index (χ0v) is 16.0. The molecule has 0 radical (unpaired) electrons. The number of carbonyl (C=O) groups excluding carboxylic acids is 1. The summed E-state index contributed by atoms with van der Waals surface area (Å²) < 4.78 is 14.3. The number of para-hydroxylation sites is 1. The van der Waals surface area contributed by atoms with Gasteiger partial charge in [0.2, 0.25) is 5.91 Å². The number of hydrogen-bond acceptors (Lipinski definition) is 3. The number of nitrogens with zero attached hydrogens (tertiary/aromatic N) is 2. The molecule has 1 heterocycles. The topological polar surface area (TPSA) is 64.0 Å². The maximum atomic E-state index is 13.1. The van der Waals surface area contributed by atoms with Crippen molar-refractivity contribution in [2.75, 3.05) is 5.32 Å². The van der Waals surface area contributed by atoms with E-state index in [-0.39, 0.29) is 23.8 Å². The highest BCUT2D eigenvalue weighted by Crippen LogP contribution is 2.27. The first-order valence-electron chi connectivity index (χ1n) is 9.37. The molecule has 5 nitrogen and oxygen atoms in total. The molecule has 0 aliphatic heterocycles. The van der Waals surface area contributed by atoms with Crippen molar-refractivity contribution < 1.29 is 9.18 Å². The Hall–Kier alpha value is -4.06. The van der Waals surface area contributed by atoms with Crippen LogP contribution in [0.25, 0.3) is 22.4 Å². The lowest BCUT2D eigenvalue weighted by atomic mass is 10.0. The van der Waals surface area contributed by atoms with Gasteiger partial charge in [-0.15, -0.1) is 0 Å². The Bertz CT molecular complexity index is 1240. The number of aromatic nitrogens is 2.